The number of rotatable bonds is 2. The van der Waals surface area contributed by atoms with E-state index in [0.717, 1.165) is 4.90 Å². The van der Waals surface area contributed by atoms with Crippen LogP contribution in [0.3, 0.4) is 0 Å². The van der Waals surface area contributed by atoms with Gasteiger partial charge in [-0.05, 0) is 37.8 Å². The number of amides is 3. The Morgan fingerprint density at radius 1 is 1.04 bits per heavy atom. The highest BCUT2D eigenvalue weighted by Crippen LogP contribution is 2.37. The van der Waals surface area contributed by atoms with Gasteiger partial charge in [-0.1, -0.05) is 12.1 Å². The minimum atomic E-state index is -1.07. The summed E-state index contributed by atoms with van der Waals surface area (Å²) in [6.07, 6.45) is 1.49. The number of hydrogen-bond acceptors (Lipinski definition) is 4. The smallest absolute Gasteiger partial charge is 0.326 e. The monoisotopic (exact) mass is 376 g/mol. The van der Waals surface area contributed by atoms with Gasteiger partial charge < -0.3 is 10.0 Å². The van der Waals surface area contributed by atoms with Gasteiger partial charge in [-0.15, -0.1) is 11.6 Å². The van der Waals surface area contributed by atoms with Crippen molar-refractivity contribution in [1.82, 2.24) is 9.80 Å². The van der Waals surface area contributed by atoms with Crippen LogP contribution in [0.5, 0.6) is 0 Å². The lowest BCUT2D eigenvalue weighted by Gasteiger charge is -2.31. The number of aliphatic carboxylic acids is 1. The average Bonchev–Trinajstić information content (AvgIpc) is 3.09. The maximum absolute atomic E-state index is 13.2. The number of carboxylic acids is 1. The van der Waals surface area contributed by atoms with Crippen molar-refractivity contribution in [3.8, 4) is 0 Å². The van der Waals surface area contributed by atoms with Gasteiger partial charge in [-0.2, -0.15) is 0 Å². The van der Waals surface area contributed by atoms with Gasteiger partial charge in [0.25, 0.3) is 11.8 Å². The first-order chi connectivity index (χ1) is 12.4. The Balaban J connectivity index is 1.72. The summed E-state index contributed by atoms with van der Waals surface area (Å²) in [6, 6.07) is 4.13. The van der Waals surface area contributed by atoms with Gasteiger partial charge in [0.05, 0.1) is 11.1 Å². The number of hydrogen-bond donors (Lipinski definition) is 1. The summed E-state index contributed by atoms with van der Waals surface area (Å²) in [7, 11) is 0. The van der Waals surface area contributed by atoms with Crippen LogP contribution in [0.1, 0.15) is 46.4 Å². The second kappa shape index (κ2) is 6.09. The first kappa shape index (κ1) is 17.0. The highest BCUT2D eigenvalue weighted by molar-refractivity contribution is 6.24. The van der Waals surface area contributed by atoms with Crippen LogP contribution in [0.2, 0.25) is 0 Å². The highest BCUT2D eigenvalue weighted by atomic mass is 35.5. The zero-order valence-corrected chi connectivity index (χ0v) is 14.6. The quantitative estimate of drug-likeness (QED) is 0.623. The molecule has 1 aromatic carbocycles. The van der Waals surface area contributed by atoms with Crippen LogP contribution in [0, 0.1) is 0 Å². The molecular weight excluding hydrogens is 360 g/mol. The van der Waals surface area contributed by atoms with E-state index in [1.165, 1.54) is 4.90 Å². The molecule has 2 fully saturated rings. The SMILES string of the molecule is O=C(O)C1CCC2CC(Cl)CC(N3C(=O)c4ccccc4C3=O)C(=O)N21. The Morgan fingerprint density at radius 2 is 1.65 bits per heavy atom. The number of nitrogens with zero attached hydrogens (tertiary/aromatic N) is 2. The molecule has 0 aromatic heterocycles. The standard InChI is InChI=1S/C18H17ClN2O5/c19-9-7-10-5-6-13(18(25)26)20(10)17(24)14(8-9)21-15(22)11-3-1-2-4-12(11)16(21)23/h1-4,9-10,13-14H,5-8H2,(H,25,26). The lowest BCUT2D eigenvalue weighted by Crippen LogP contribution is -2.54. The van der Waals surface area contributed by atoms with Gasteiger partial charge in [-0.3, -0.25) is 19.3 Å². The Bertz CT molecular complexity index is 791. The normalized spacial score (nSPS) is 31.0. The third-order valence-corrected chi connectivity index (χ3v) is 5.83. The molecule has 3 aliphatic heterocycles. The van der Waals surface area contributed by atoms with Crippen LogP contribution in [-0.2, 0) is 9.59 Å². The van der Waals surface area contributed by atoms with Crippen molar-refractivity contribution in [2.45, 2.75) is 49.2 Å². The summed E-state index contributed by atoms with van der Waals surface area (Å²) < 4.78 is 0. The third kappa shape index (κ3) is 2.41. The molecule has 3 amide bonds. The van der Waals surface area contributed by atoms with Gasteiger partial charge >= 0.3 is 5.97 Å². The molecule has 0 spiro atoms. The van der Waals surface area contributed by atoms with E-state index >= 15 is 0 Å². The van der Waals surface area contributed by atoms with E-state index in [4.69, 9.17) is 11.6 Å². The summed E-state index contributed by atoms with van der Waals surface area (Å²) >= 11 is 6.38. The maximum atomic E-state index is 13.2. The molecule has 0 saturated carbocycles. The van der Waals surface area contributed by atoms with Crippen molar-refractivity contribution < 1.29 is 24.3 Å². The number of halogens is 1. The molecule has 136 valence electrons. The number of carbonyl (C=O) groups excluding carboxylic acids is 3. The molecule has 0 aliphatic carbocycles. The number of benzene rings is 1. The zero-order chi connectivity index (χ0) is 18.6. The molecule has 4 rings (SSSR count). The van der Waals surface area contributed by atoms with Gasteiger partial charge in [0, 0.05) is 11.4 Å². The predicted molar refractivity (Wildman–Crippen MR) is 90.9 cm³/mol. The molecule has 7 nitrogen and oxygen atoms in total. The lowest BCUT2D eigenvalue weighted by atomic mass is 10.0. The number of carbonyl (C=O) groups is 4. The van der Waals surface area contributed by atoms with Crippen LogP contribution in [-0.4, -0.2) is 62.1 Å². The van der Waals surface area contributed by atoms with Gasteiger partial charge in [0.1, 0.15) is 12.1 Å². The molecule has 0 radical (unpaired) electrons. The van der Waals surface area contributed by atoms with E-state index in [0.29, 0.717) is 19.3 Å². The van der Waals surface area contributed by atoms with Crippen LogP contribution in [0.25, 0.3) is 0 Å². The molecule has 26 heavy (non-hydrogen) atoms. The van der Waals surface area contributed by atoms with Gasteiger partial charge in [-0.25, -0.2) is 4.79 Å². The van der Waals surface area contributed by atoms with E-state index in [2.05, 4.69) is 0 Å². The molecule has 4 atom stereocenters. The largest absolute Gasteiger partial charge is 0.480 e. The molecule has 3 heterocycles. The fourth-order valence-corrected chi connectivity index (χ4v) is 4.68. The van der Waals surface area contributed by atoms with Crippen molar-refractivity contribution in [2.24, 2.45) is 0 Å². The van der Waals surface area contributed by atoms with Gasteiger partial charge in [0.15, 0.2) is 0 Å². The Hall–Kier alpha value is -2.41. The maximum Gasteiger partial charge on any atom is 0.326 e. The highest BCUT2D eigenvalue weighted by Gasteiger charge is 2.51. The average molecular weight is 377 g/mol. The van der Waals surface area contributed by atoms with E-state index in [1.807, 2.05) is 0 Å². The van der Waals surface area contributed by atoms with Crippen LogP contribution >= 0.6 is 11.6 Å². The zero-order valence-electron chi connectivity index (χ0n) is 13.8. The van der Waals surface area contributed by atoms with Crippen LogP contribution in [0.15, 0.2) is 24.3 Å². The van der Waals surface area contributed by atoms with E-state index < -0.39 is 41.2 Å². The van der Waals surface area contributed by atoms with Crippen molar-refractivity contribution in [2.75, 3.05) is 0 Å². The summed E-state index contributed by atoms with van der Waals surface area (Å²) in [5.74, 6) is -2.64. The third-order valence-electron chi connectivity index (χ3n) is 5.47. The lowest BCUT2D eigenvalue weighted by molar-refractivity contribution is -0.150. The Labute approximate surface area is 154 Å². The van der Waals surface area contributed by atoms with E-state index in [9.17, 15) is 24.3 Å². The molecule has 0 bridgehead atoms. The summed E-state index contributed by atoms with van der Waals surface area (Å²) in [5, 5.41) is 9.03. The summed E-state index contributed by atoms with van der Waals surface area (Å²) in [5.41, 5.74) is 0.516. The topological polar surface area (TPSA) is 95.0 Å². The molecule has 2 saturated heterocycles. The van der Waals surface area contributed by atoms with E-state index in [-0.39, 0.29) is 23.6 Å². The number of alkyl halides is 1. The molecule has 1 aromatic rings. The molecule has 3 aliphatic rings. The molecule has 8 heteroatoms. The second-order valence-electron chi connectivity index (χ2n) is 6.94. The van der Waals surface area contributed by atoms with Gasteiger partial charge in [0.2, 0.25) is 5.91 Å². The first-order valence-corrected chi connectivity index (χ1v) is 8.99. The van der Waals surface area contributed by atoms with Crippen molar-refractivity contribution in [3.63, 3.8) is 0 Å². The minimum absolute atomic E-state index is 0.130. The van der Waals surface area contributed by atoms with E-state index in [1.54, 1.807) is 24.3 Å². The van der Waals surface area contributed by atoms with Crippen molar-refractivity contribution in [1.29, 1.82) is 0 Å². The first-order valence-electron chi connectivity index (χ1n) is 8.56. The van der Waals surface area contributed by atoms with Crippen molar-refractivity contribution in [3.05, 3.63) is 35.4 Å². The Morgan fingerprint density at radius 3 is 2.23 bits per heavy atom. The van der Waals surface area contributed by atoms with Crippen LogP contribution in [0.4, 0.5) is 0 Å². The molecular formula is C18H17ClN2O5. The minimum Gasteiger partial charge on any atom is -0.480 e. The molecule has 4 unspecified atom stereocenters. The summed E-state index contributed by atoms with van der Waals surface area (Å²) in [6.45, 7) is 0. The molecule has 1 N–H and O–H groups in total. The fraction of sp³-hybridized carbons (Fsp3) is 0.444. The number of imide groups is 1. The number of carboxylic acid groups (broad SMARTS) is 1. The Kier molecular flexibility index (Phi) is 3.99. The second-order valence-corrected chi connectivity index (χ2v) is 7.56. The predicted octanol–water partition coefficient (Wildman–Crippen LogP) is 1.50. The fourth-order valence-electron chi connectivity index (χ4n) is 4.30. The summed E-state index contributed by atoms with van der Waals surface area (Å²) in [4.78, 5) is 52.5. The number of fused-ring (bicyclic) bond motifs is 2. The van der Waals surface area contributed by atoms with Crippen molar-refractivity contribution >= 4 is 35.3 Å². The van der Waals surface area contributed by atoms with Crippen LogP contribution < -0.4 is 0 Å².